The van der Waals surface area contributed by atoms with E-state index >= 15 is 0 Å². The van der Waals surface area contributed by atoms with Crippen LogP contribution in [0.3, 0.4) is 0 Å². The van der Waals surface area contributed by atoms with Gasteiger partial charge in [0.2, 0.25) is 0 Å². The van der Waals surface area contributed by atoms with Gasteiger partial charge in [-0.2, -0.15) is 6.42 Å². The molecule has 8 heteroatoms. The topological polar surface area (TPSA) is 9.23 Å². The average molecular weight is 814 g/mol. The van der Waals surface area contributed by atoms with Gasteiger partial charge >= 0.3 is 18.9 Å². The van der Waals surface area contributed by atoms with Crippen LogP contribution in [0.25, 0.3) is 40.3 Å². The van der Waals surface area contributed by atoms with Gasteiger partial charge in [0.05, 0.1) is 8.07 Å². The first-order valence-corrected chi connectivity index (χ1v) is 21.9. The van der Waals surface area contributed by atoms with Crippen LogP contribution in [-0.4, -0.2) is 21.3 Å². The number of hydrogen-bond donors (Lipinski definition) is 0. The first-order chi connectivity index (χ1) is 20.2. The van der Waals surface area contributed by atoms with Gasteiger partial charge in [-0.05, 0) is 84.0 Å². The molecule has 0 bridgehead atoms. The molecule has 0 saturated carbocycles. The maximum Gasteiger partial charge on any atom is 1.00 e. The van der Waals surface area contributed by atoms with Gasteiger partial charge in [-0.3, -0.25) is 0 Å². The molecule has 7 rings (SSSR count). The number of rotatable bonds is 2. The first-order valence-electron chi connectivity index (χ1n) is 14.4. The summed E-state index contributed by atoms with van der Waals surface area (Å²) in [5.74, 6) is 0. The van der Waals surface area contributed by atoms with Crippen molar-refractivity contribution in [1.82, 2.24) is 0 Å². The van der Waals surface area contributed by atoms with E-state index in [0.717, 1.165) is 19.6 Å². The Morgan fingerprint density at radius 3 is 1.33 bits per heavy atom. The summed E-state index contributed by atoms with van der Waals surface area (Å²) in [7, 11) is -1.28. The zero-order valence-corrected chi connectivity index (χ0v) is 33.1. The summed E-state index contributed by atoms with van der Waals surface area (Å²) in [6.45, 7) is 15.0. The maximum absolute atomic E-state index is 4.94. The van der Waals surface area contributed by atoms with E-state index in [2.05, 4.69) is 154 Å². The first kappa shape index (κ1) is 37.0. The standard InChI is InChI=1S/C15H15BrSSi.C12H6Br2S.C4H8O.C4H9.Li/c1-18(2,3)13-9-5-7-11-10-6-4-8-12(16)14(10)17-15(11)13;13-9-5-1-3-7-8-4-2-6-10(14)12(8)15-11(7)9;1-2-4-5-3-1;1-3-4-2;/h4-9H,1-3H3;1-6H;1-4H2;1,3-4H2,2H3;/q;;;-1;+1. The number of halogens is 3. The zero-order chi connectivity index (χ0) is 30.3. The second-order valence-electron chi connectivity index (χ2n) is 11.2. The fraction of sp³-hybridized carbons (Fsp3) is 0.286. The van der Waals surface area contributed by atoms with Crippen molar-refractivity contribution in [1.29, 1.82) is 0 Å². The molecule has 6 aromatic rings. The molecular formula is C35H38Br3LiOS2Si. The van der Waals surface area contributed by atoms with Crippen molar-refractivity contribution in [2.45, 2.75) is 52.2 Å². The van der Waals surface area contributed by atoms with E-state index in [9.17, 15) is 0 Å². The quantitative estimate of drug-likeness (QED) is 0.125. The Morgan fingerprint density at radius 1 is 0.651 bits per heavy atom. The summed E-state index contributed by atoms with van der Waals surface area (Å²) in [5.41, 5.74) is 0. The number of fused-ring (bicyclic) bond motifs is 6. The third-order valence-electron chi connectivity index (χ3n) is 6.89. The molecule has 4 aromatic carbocycles. The van der Waals surface area contributed by atoms with Crippen molar-refractivity contribution >= 4 is 124 Å². The third kappa shape index (κ3) is 9.30. The Kier molecular flexibility index (Phi) is 15.0. The fourth-order valence-corrected chi connectivity index (χ4v) is 11.2. The molecule has 1 nitrogen and oxygen atoms in total. The van der Waals surface area contributed by atoms with E-state index in [-0.39, 0.29) is 18.9 Å². The molecule has 1 aliphatic heterocycles. The number of ether oxygens (including phenoxy) is 1. The normalized spacial score (nSPS) is 12.7. The monoisotopic (exact) mass is 810 g/mol. The van der Waals surface area contributed by atoms with Crippen molar-refractivity contribution in [3.63, 3.8) is 0 Å². The number of thiophene rings is 2. The maximum atomic E-state index is 4.94. The van der Waals surface area contributed by atoms with Crippen LogP contribution in [0.4, 0.5) is 0 Å². The van der Waals surface area contributed by atoms with Gasteiger partial charge in [0, 0.05) is 67.0 Å². The van der Waals surface area contributed by atoms with Gasteiger partial charge in [0.15, 0.2) is 0 Å². The summed E-state index contributed by atoms with van der Waals surface area (Å²) in [6, 6.07) is 26.0. The predicted octanol–water partition coefficient (Wildman–Crippen LogP) is 10.4. The van der Waals surface area contributed by atoms with E-state index in [4.69, 9.17) is 4.74 Å². The minimum atomic E-state index is -1.28. The molecule has 0 spiro atoms. The van der Waals surface area contributed by atoms with Gasteiger partial charge in [-0.1, -0.05) is 87.6 Å². The van der Waals surface area contributed by atoms with Crippen LogP contribution < -0.4 is 24.0 Å². The SMILES string of the molecule is Brc1cccc2c1sc1c(Br)cccc12.C1CCOC1.C[Si](C)(C)c1cccc2c1sc1c(Br)cccc12.[CH2-]CCC.[Li+]. The summed E-state index contributed by atoms with van der Waals surface area (Å²) in [5, 5.41) is 7.02. The molecule has 0 N–H and O–H groups in total. The molecule has 1 saturated heterocycles. The largest absolute Gasteiger partial charge is 1.00 e. The predicted molar refractivity (Wildman–Crippen MR) is 205 cm³/mol. The van der Waals surface area contributed by atoms with Crippen LogP contribution in [0.15, 0.2) is 86.2 Å². The van der Waals surface area contributed by atoms with E-state index < -0.39 is 8.07 Å². The van der Waals surface area contributed by atoms with E-state index in [1.54, 1.807) is 5.19 Å². The van der Waals surface area contributed by atoms with Crippen LogP contribution in [0.5, 0.6) is 0 Å². The Hall–Kier alpha value is -0.466. The number of hydrogen-bond acceptors (Lipinski definition) is 3. The summed E-state index contributed by atoms with van der Waals surface area (Å²) >= 11 is 14.6. The van der Waals surface area contributed by atoms with Gasteiger partial charge in [0.25, 0.3) is 0 Å². The second kappa shape index (κ2) is 17.5. The van der Waals surface area contributed by atoms with Crippen molar-refractivity contribution in [2.24, 2.45) is 0 Å². The van der Waals surface area contributed by atoms with Crippen LogP contribution in [0.1, 0.15) is 32.6 Å². The number of benzene rings is 4. The minimum absolute atomic E-state index is 0. The second-order valence-corrected chi connectivity index (χ2v) is 20.8. The molecule has 43 heavy (non-hydrogen) atoms. The molecule has 0 aliphatic carbocycles. The molecule has 1 fully saturated rings. The summed E-state index contributed by atoms with van der Waals surface area (Å²) in [6.07, 6.45) is 4.83. The van der Waals surface area contributed by atoms with Crippen LogP contribution in [0.2, 0.25) is 19.6 Å². The third-order valence-corrected chi connectivity index (χ3v) is 14.5. The molecule has 0 radical (unpaired) electrons. The van der Waals surface area contributed by atoms with Gasteiger partial charge in [-0.25, -0.2) is 0 Å². The van der Waals surface area contributed by atoms with Crippen LogP contribution in [-0.2, 0) is 4.74 Å². The Labute approximate surface area is 303 Å². The van der Waals surface area contributed by atoms with E-state index in [0.29, 0.717) is 0 Å². The Morgan fingerprint density at radius 2 is 1.00 bits per heavy atom. The van der Waals surface area contributed by atoms with Crippen molar-refractivity contribution in [2.75, 3.05) is 13.2 Å². The van der Waals surface area contributed by atoms with Gasteiger partial charge < -0.3 is 11.7 Å². The molecule has 1 aliphatic rings. The van der Waals surface area contributed by atoms with Crippen molar-refractivity contribution < 1.29 is 23.6 Å². The molecule has 0 amide bonds. The Balaban J connectivity index is 0.000000182. The van der Waals surface area contributed by atoms with Gasteiger partial charge in [-0.15, -0.1) is 22.7 Å². The van der Waals surface area contributed by atoms with E-state index in [1.807, 2.05) is 22.7 Å². The molecular weight excluding hydrogens is 775 g/mol. The molecule has 3 heterocycles. The van der Waals surface area contributed by atoms with Crippen molar-refractivity contribution in [3.05, 3.63) is 93.1 Å². The minimum Gasteiger partial charge on any atom is -0.381 e. The zero-order valence-electron chi connectivity index (χ0n) is 25.7. The molecule has 0 atom stereocenters. The average Bonchev–Trinajstić information content (AvgIpc) is 3.74. The molecule has 0 unspecified atom stereocenters. The number of unbranched alkanes of at least 4 members (excludes halogenated alkanes) is 1. The smallest absolute Gasteiger partial charge is 0.381 e. The fourth-order valence-electron chi connectivity index (χ4n) is 4.64. The Bertz CT molecular complexity index is 1700. The summed E-state index contributed by atoms with van der Waals surface area (Å²) < 4.78 is 14.0. The van der Waals surface area contributed by atoms with Gasteiger partial charge in [0.1, 0.15) is 0 Å². The van der Waals surface area contributed by atoms with E-state index in [1.165, 1.54) is 73.0 Å². The summed E-state index contributed by atoms with van der Waals surface area (Å²) in [4.78, 5) is 0. The van der Waals surface area contributed by atoms with Crippen LogP contribution >= 0.6 is 70.5 Å². The van der Waals surface area contributed by atoms with Crippen LogP contribution in [0, 0.1) is 6.92 Å². The molecule has 2 aromatic heterocycles. The van der Waals surface area contributed by atoms with Crippen molar-refractivity contribution in [3.8, 4) is 0 Å². The molecule has 222 valence electrons.